The summed E-state index contributed by atoms with van der Waals surface area (Å²) in [7, 11) is 1.20. The number of carbonyl (C=O) groups excluding carboxylic acids is 1. The molecule has 0 heterocycles. The summed E-state index contributed by atoms with van der Waals surface area (Å²) in [6.45, 7) is 0. The number of methoxy groups -OCH3 is 1. The summed E-state index contributed by atoms with van der Waals surface area (Å²) in [5.74, 6) is -1.10. The molecule has 22 heavy (non-hydrogen) atoms. The number of carboxylic acid groups (broad SMARTS) is 1. The number of aliphatic carboxylic acids is 1. The number of amides is 1. The highest BCUT2D eigenvalue weighted by molar-refractivity contribution is 5.80. The summed E-state index contributed by atoms with van der Waals surface area (Å²) in [6.07, 6.45) is -0.562. The molecule has 0 bridgehead atoms. The monoisotopic (exact) mass is 299 g/mol. The largest absolute Gasteiger partial charge is 0.480 e. The zero-order chi connectivity index (χ0) is 15.9. The number of carbonyl (C=O) groups is 2. The van der Waals surface area contributed by atoms with Crippen LogP contribution in [0.1, 0.15) is 5.56 Å². The van der Waals surface area contributed by atoms with Crippen LogP contribution < -0.4 is 5.32 Å². The average molecular weight is 299 g/mol. The summed E-state index contributed by atoms with van der Waals surface area (Å²) in [6, 6.07) is 16.5. The molecule has 0 aliphatic heterocycles. The maximum Gasteiger partial charge on any atom is 0.407 e. The summed E-state index contributed by atoms with van der Waals surface area (Å²) in [4.78, 5) is 22.3. The molecular formula is C17H17NO4. The summed E-state index contributed by atoms with van der Waals surface area (Å²) < 4.78 is 4.43. The Labute approximate surface area is 128 Å². The van der Waals surface area contributed by atoms with Gasteiger partial charge in [0.2, 0.25) is 0 Å². The Bertz CT molecular complexity index is 637. The molecular weight excluding hydrogens is 282 g/mol. The Balaban J connectivity index is 2.09. The molecule has 0 aromatic heterocycles. The molecule has 1 atom stereocenters. The van der Waals surface area contributed by atoms with Gasteiger partial charge in [0.25, 0.3) is 0 Å². The predicted molar refractivity (Wildman–Crippen MR) is 82.5 cm³/mol. The van der Waals surface area contributed by atoms with Gasteiger partial charge in [-0.3, -0.25) is 0 Å². The number of ether oxygens (including phenoxy) is 1. The van der Waals surface area contributed by atoms with Gasteiger partial charge < -0.3 is 15.2 Å². The third-order valence-electron chi connectivity index (χ3n) is 3.28. The van der Waals surface area contributed by atoms with E-state index in [0.29, 0.717) is 0 Å². The fraction of sp³-hybridized carbons (Fsp3) is 0.176. The first-order chi connectivity index (χ1) is 10.6. The Hall–Kier alpha value is -2.82. The third-order valence-corrected chi connectivity index (χ3v) is 3.28. The van der Waals surface area contributed by atoms with E-state index in [0.717, 1.165) is 16.7 Å². The molecule has 1 amide bonds. The van der Waals surface area contributed by atoms with Gasteiger partial charge >= 0.3 is 12.1 Å². The third kappa shape index (κ3) is 4.09. The summed E-state index contributed by atoms with van der Waals surface area (Å²) in [5, 5.41) is 11.4. The molecule has 0 aliphatic carbocycles. The molecule has 0 fully saturated rings. The topological polar surface area (TPSA) is 75.6 Å². The molecule has 2 aromatic carbocycles. The van der Waals surface area contributed by atoms with Crippen molar-refractivity contribution in [3.63, 3.8) is 0 Å². The van der Waals surface area contributed by atoms with Crippen molar-refractivity contribution in [3.05, 3.63) is 60.2 Å². The fourth-order valence-electron chi connectivity index (χ4n) is 2.10. The van der Waals surface area contributed by atoms with E-state index in [1.807, 2.05) is 54.6 Å². The highest BCUT2D eigenvalue weighted by atomic mass is 16.5. The average Bonchev–Trinajstić information content (AvgIpc) is 2.55. The second kappa shape index (κ2) is 7.26. The maximum absolute atomic E-state index is 11.2. The highest BCUT2D eigenvalue weighted by Crippen LogP contribution is 2.19. The predicted octanol–water partition coefficient (Wildman–Crippen LogP) is 2.71. The SMILES string of the molecule is COC(=O)N[C@H](Cc1ccc(-c2ccccc2)cc1)C(=O)O. The first-order valence-corrected chi connectivity index (χ1v) is 6.82. The smallest absolute Gasteiger partial charge is 0.407 e. The van der Waals surface area contributed by atoms with Crippen LogP contribution in [0.15, 0.2) is 54.6 Å². The van der Waals surface area contributed by atoms with Crippen molar-refractivity contribution in [3.8, 4) is 11.1 Å². The van der Waals surface area contributed by atoms with Crippen molar-refractivity contribution in [1.82, 2.24) is 5.32 Å². The van der Waals surface area contributed by atoms with E-state index < -0.39 is 18.1 Å². The number of hydrogen-bond donors (Lipinski definition) is 2. The van der Waals surface area contributed by atoms with E-state index in [1.54, 1.807) is 0 Å². The van der Waals surface area contributed by atoms with Crippen molar-refractivity contribution < 1.29 is 19.4 Å². The lowest BCUT2D eigenvalue weighted by molar-refractivity contribution is -0.139. The second-order valence-electron chi connectivity index (χ2n) is 4.79. The maximum atomic E-state index is 11.2. The molecule has 0 saturated heterocycles. The molecule has 5 nitrogen and oxygen atoms in total. The van der Waals surface area contributed by atoms with Gasteiger partial charge in [-0.05, 0) is 16.7 Å². The standard InChI is InChI=1S/C17H17NO4/c1-22-17(21)18-15(16(19)20)11-12-7-9-14(10-8-12)13-5-3-2-4-6-13/h2-10,15H,11H2,1H3,(H,18,21)(H,19,20)/t15-/m1/s1. The first kappa shape index (κ1) is 15.6. The molecule has 2 aromatic rings. The van der Waals surface area contributed by atoms with Crippen molar-refractivity contribution in [2.75, 3.05) is 7.11 Å². The van der Waals surface area contributed by atoms with E-state index in [1.165, 1.54) is 7.11 Å². The molecule has 0 spiro atoms. The molecule has 114 valence electrons. The molecule has 0 saturated carbocycles. The van der Waals surface area contributed by atoms with Crippen molar-refractivity contribution in [2.24, 2.45) is 0 Å². The van der Waals surface area contributed by atoms with Crippen LogP contribution in [0.2, 0.25) is 0 Å². The van der Waals surface area contributed by atoms with E-state index in [-0.39, 0.29) is 6.42 Å². The van der Waals surface area contributed by atoms with Gasteiger partial charge in [-0.25, -0.2) is 9.59 Å². The zero-order valence-electron chi connectivity index (χ0n) is 12.2. The Morgan fingerprint density at radius 3 is 2.18 bits per heavy atom. The van der Waals surface area contributed by atoms with Gasteiger partial charge in [0.15, 0.2) is 0 Å². The number of nitrogens with one attached hydrogen (secondary N) is 1. The molecule has 5 heteroatoms. The van der Waals surface area contributed by atoms with Gasteiger partial charge in [-0.1, -0.05) is 54.6 Å². The van der Waals surface area contributed by atoms with Gasteiger partial charge in [-0.15, -0.1) is 0 Å². The zero-order valence-corrected chi connectivity index (χ0v) is 12.2. The second-order valence-corrected chi connectivity index (χ2v) is 4.79. The lowest BCUT2D eigenvalue weighted by atomic mass is 10.0. The summed E-state index contributed by atoms with van der Waals surface area (Å²) >= 11 is 0. The minimum atomic E-state index is -1.10. The van der Waals surface area contributed by atoms with Crippen LogP contribution in [0, 0.1) is 0 Å². The molecule has 2 N–H and O–H groups in total. The first-order valence-electron chi connectivity index (χ1n) is 6.82. The number of alkyl carbamates (subject to hydrolysis) is 1. The van der Waals surface area contributed by atoms with Crippen LogP contribution >= 0.6 is 0 Å². The van der Waals surface area contributed by atoms with Crippen LogP contribution in [0.25, 0.3) is 11.1 Å². The molecule has 0 unspecified atom stereocenters. The minimum Gasteiger partial charge on any atom is -0.480 e. The molecule has 2 rings (SSSR count). The van der Waals surface area contributed by atoms with Gasteiger partial charge in [0.05, 0.1) is 7.11 Å². The van der Waals surface area contributed by atoms with E-state index in [2.05, 4.69) is 10.1 Å². The van der Waals surface area contributed by atoms with E-state index in [4.69, 9.17) is 5.11 Å². The Kier molecular flexibility index (Phi) is 5.14. The number of rotatable bonds is 5. The minimum absolute atomic E-state index is 0.194. The lowest BCUT2D eigenvalue weighted by Crippen LogP contribution is -2.42. The Morgan fingerprint density at radius 1 is 1.05 bits per heavy atom. The quantitative estimate of drug-likeness (QED) is 0.890. The van der Waals surface area contributed by atoms with Gasteiger partial charge in [-0.2, -0.15) is 0 Å². The van der Waals surface area contributed by atoms with Crippen LogP contribution in [0.5, 0.6) is 0 Å². The van der Waals surface area contributed by atoms with Crippen molar-refractivity contribution >= 4 is 12.1 Å². The summed E-state index contributed by atoms with van der Waals surface area (Å²) in [5.41, 5.74) is 2.97. The van der Waals surface area contributed by atoms with Crippen molar-refractivity contribution in [2.45, 2.75) is 12.5 Å². The lowest BCUT2D eigenvalue weighted by Gasteiger charge is -2.14. The van der Waals surface area contributed by atoms with Crippen LogP contribution in [-0.4, -0.2) is 30.3 Å². The van der Waals surface area contributed by atoms with Crippen LogP contribution in [0.3, 0.4) is 0 Å². The van der Waals surface area contributed by atoms with Crippen LogP contribution in [-0.2, 0) is 16.0 Å². The highest BCUT2D eigenvalue weighted by Gasteiger charge is 2.20. The van der Waals surface area contributed by atoms with Crippen LogP contribution in [0.4, 0.5) is 4.79 Å². The number of hydrogen-bond acceptors (Lipinski definition) is 3. The number of benzene rings is 2. The van der Waals surface area contributed by atoms with Gasteiger partial charge in [0.1, 0.15) is 6.04 Å². The molecule has 0 radical (unpaired) electrons. The van der Waals surface area contributed by atoms with Gasteiger partial charge in [0, 0.05) is 6.42 Å². The number of carboxylic acids is 1. The van der Waals surface area contributed by atoms with E-state index >= 15 is 0 Å². The molecule has 0 aliphatic rings. The van der Waals surface area contributed by atoms with E-state index in [9.17, 15) is 9.59 Å². The fourth-order valence-corrected chi connectivity index (χ4v) is 2.10. The Morgan fingerprint density at radius 2 is 1.64 bits per heavy atom. The normalized spacial score (nSPS) is 11.5. The van der Waals surface area contributed by atoms with Crippen molar-refractivity contribution in [1.29, 1.82) is 0 Å².